The summed E-state index contributed by atoms with van der Waals surface area (Å²) in [6, 6.07) is 0. The Morgan fingerprint density at radius 2 is 1.21 bits per heavy atom. The van der Waals surface area contributed by atoms with E-state index in [1.807, 2.05) is 39.6 Å². The predicted molar refractivity (Wildman–Crippen MR) is 57.2 cm³/mol. The number of nitrogens with zero attached hydrogens (tertiary/aromatic N) is 1. The average molecular weight is 199 g/mol. The SMILES string of the molecule is CN(CC(C)(C)C=O)CC(C)(C)C=O. The van der Waals surface area contributed by atoms with E-state index < -0.39 is 0 Å². The summed E-state index contributed by atoms with van der Waals surface area (Å²) in [5.74, 6) is 0. The van der Waals surface area contributed by atoms with Crippen LogP contribution in [0.4, 0.5) is 0 Å². The highest BCUT2D eigenvalue weighted by molar-refractivity contribution is 5.59. The Morgan fingerprint density at radius 3 is 1.43 bits per heavy atom. The van der Waals surface area contributed by atoms with Crippen LogP contribution < -0.4 is 0 Å². The van der Waals surface area contributed by atoms with Gasteiger partial charge in [0.05, 0.1) is 0 Å². The molecule has 14 heavy (non-hydrogen) atoms. The van der Waals surface area contributed by atoms with Crippen LogP contribution in [-0.4, -0.2) is 37.6 Å². The van der Waals surface area contributed by atoms with Gasteiger partial charge in [-0.05, 0) is 7.05 Å². The Morgan fingerprint density at radius 1 is 0.929 bits per heavy atom. The van der Waals surface area contributed by atoms with E-state index in [0.717, 1.165) is 12.6 Å². The van der Waals surface area contributed by atoms with Gasteiger partial charge in [0.25, 0.3) is 0 Å². The number of hydrogen-bond acceptors (Lipinski definition) is 3. The molecule has 0 amide bonds. The smallest absolute Gasteiger partial charge is 0.126 e. The molecule has 0 unspecified atom stereocenters. The molecule has 0 N–H and O–H groups in total. The zero-order valence-corrected chi connectivity index (χ0v) is 9.83. The van der Waals surface area contributed by atoms with Gasteiger partial charge in [-0.15, -0.1) is 0 Å². The van der Waals surface area contributed by atoms with Gasteiger partial charge in [-0.1, -0.05) is 27.7 Å². The second kappa shape index (κ2) is 4.69. The van der Waals surface area contributed by atoms with Gasteiger partial charge in [-0.25, -0.2) is 0 Å². The molecule has 0 aliphatic heterocycles. The van der Waals surface area contributed by atoms with Crippen molar-refractivity contribution >= 4 is 12.6 Å². The first-order valence-corrected chi connectivity index (χ1v) is 4.84. The summed E-state index contributed by atoms with van der Waals surface area (Å²) in [6.45, 7) is 8.92. The average Bonchev–Trinajstić information content (AvgIpc) is 2.02. The summed E-state index contributed by atoms with van der Waals surface area (Å²) in [5.41, 5.74) is -0.679. The Kier molecular flexibility index (Phi) is 4.46. The predicted octanol–water partition coefficient (Wildman–Crippen LogP) is 1.37. The highest BCUT2D eigenvalue weighted by atomic mass is 16.1. The van der Waals surface area contributed by atoms with Crippen LogP contribution in [0.2, 0.25) is 0 Å². The van der Waals surface area contributed by atoms with Crippen LogP contribution in [0.3, 0.4) is 0 Å². The molecule has 0 aromatic rings. The van der Waals surface area contributed by atoms with Gasteiger partial charge in [-0.3, -0.25) is 0 Å². The van der Waals surface area contributed by atoms with Crippen molar-refractivity contribution in [1.82, 2.24) is 4.90 Å². The number of carbonyl (C=O) groups excluding carboxylic acids is 2. The maximum atomic E-state index is 10.7. The zero-order valence-electron chi connectivity index (χ0n) is 9.83. The van der Waals surface area contributed by atoms with Gasteiger partial charge >= 0.3 is 0 Å². The van der Waals surface area contributed by atoms with Crippen LogP contribution in [-0.2, 0) is 9.59 Å². The van der Waals surface area contributed by atoms with Crippen LogP contribution in [0.25, 0.3) is 0 Å². The van der Waals surface area contributed by atoms with E-state index in [0.29, 0.717) is 13.1 Å². The van der Waals surface area contributed by atoms with E-state index >= 15 is 0 Å². The van der Waals surface area contributed by atoms with Crippen LogP contribution in [0.5, 0.6) is 0 Å². The van der Waals surface area contributed by atoms with Crippen LogP contribution in [0.1, 0.15) is 27.7 Å². The summed E-state index contributed by atoms with van der Waals surface area (Å²) in [7, 11) is 1.93. The third kappa shape index (κ3) is 5.12. The highest BCUT2D eigenvalue weighted by Gasteiger charge is 2.24. The Balaban J connectivity index is 4.17. The summed E-state index contributed by atoms with van der Waals surface area (Å²) in [6.07, 6.45) is 1.91. The van der Waals surface area contributed by atoms with Crippen LogP contribution in [0, 0.1) is 10.8 Å². The van der Waals surface area contributed by atoms with E-state index in [2.05, 4.69) is 0 Å². The Hall–Kier alpha value is -0.700. The summed E-state index contributed by atoms with van der Waals surface area (Å²) >= 11 is 0. The van der Waals surface area contributed by atoms with Gasteiger partial charge in [0, 0.05) is 23.9 Å². The molecule has 3 heteroatoms. The van der Waals surface area contributed by atoms with Crippen molar-refractivity contribution in [3.8, 4) is 0 Å². The number of aldehydes is 2. The first kappa shape index (κ1) is 13.3. The first-order valence-electron chi connectivity index (χ1n) is 4.84. The Bertz CT molecular complexity index is 187. The third-order valence-corrected chi connectivity index (χ3v) is 1.99. The van der Waals surface area contributed by atoms with E-state index in [1.54, 1.807) is 0 Å². The molecule has 0 saturated heterocycles. The van der Waals surface area contributed by atoms with Crippen LogP contribution >= 0.6 is 0 Å². The van der Waals surface area contributed by atoms with Crippen molar-refractivity contribution in [1.29, 1.82) is 0 Å². The van der Waals surface area contributed by atoms with Crippen molar-refractivity contribution in [2.45, 2.75) is 27.7 Å². The van der Waals surface area contributed by atoms with Crippen molar-refractivity contribution in [3.63, 3.8) is 0 Å². The van der Waals surface area contributed by atoms with E-state index in [1.165, 1.54) is 0 Å². The van der Waals surface area contributed by atoms with Crippen LogP contribution in [0.15, 0.2) is 0 Å². The zero-order chi connectivity index (χ0) is 11.4. The second-order valence-corrected chi connectivity index (χ2v) is 5.39. The third-order valence-electron chi connectivity index (χ3n) is 1.99. The molecule has 0 heterocycles. The normalized spacial score (nSPS) is 13.0. The molecule has 0 spiro atoms. The molecule has 82 valence electrons. The lowest BCUT2D eigenvalue weighted by Crippen LogP contribution is -2.38. The van der Waals surface area contributed by atoms with Gasteiger partial charge in [0.15, 0.2) is 0 Å². The van der Waals surface area contributed by atoms with Gasteiger partial charge < -0.3 is 14.5 Å². The molecule has 0 atom stereocenters. The fourth-order valence-corrected chi connectivity index (χ4v) is 1.52. The minimum Gasteiger partial charge on any atom is -0.304 e. The lowest BCUT2D eigenvalue weighted by molar-refractivity contribution is -0.116. The van der Waals surface area contributed by atoms with Crippen molar-refractivity contribution in [2.75, 3.05) is 20.1 Å². The number of hydrogen-bond donors (Lipinski definition) is 0. The largest absolute Gasteiger partial charge is 0.304 e. The molecule has 0 radical (unpaired) electrons. The standard InChI is InChI=1S/C11H21NO2/c1-10(2,8-13)6-12(5)7-11(3,4)9-14/h8-9H,6-7H2,1-5H3. The molecule has 0 rings (SSSR count). The van der Waals surface area contributed by atoms with Gasteiger partial charge in [0.2, 0.25) is 0 Å². The monoisotopic (exact) mass is 199 g/mol. The maximum Gasteiger partial charge on any atom is 0.126 e. The van der Waals surface area contributed by atoms with Gasteiger partial charge in [0.1, 0.15) is 12.6 Å². The fourth-order valence-electron chi connectivity index (χ4n) is 1.52. The van der Waals surface area contributed by atoms with E-state index in [4.69, 9.17) is 0 Å². The summed E-state index contributed by atoms with van der Waals surface area (Å²) < 4.78 is 0. The first-order chi connectivity index (χ1) is 6.22. The van der Waals surface area contributed by atoms with Gasteiger partial charge in [-0.2, -0.15) is 0 Å². The van der Waals surface area contributed by atoms with Crippen molar-refractivity contribution in [3.05, 3.63) is 0 Å². The van der Waals surface area contributed by atoms with Crippen molar-refractivity contribution in [2.24, 2.45) is 10.8 Å². The quantitative estimate of drug-likeness (QED) is 0.606. The molecular formula is C11H21NO2. The summed E-state index contributed by atoms with van der Waals surface area (Å²) in [4.78, 5) is 23.4. The summed E-state index contributed by atoms with van der Waals surface area (Å²) in [5, 5.41) is 0. The fraction of sp³-hybridized carbons (Fsp3) is 0.818. The molecular weight excluding hydrogens is 178 g/mol. The molecule has 0 aromatic heterocycles. The molecule has 0 bridgehead atoms. The Labute approximate surface area is 86.5 Å². The number of carbonyl (C=O) groups is 2. The molecule has 3 nitrogen and oxygen atoms in total. The molecule has 0 fully saturated rings. The minimum absolute atomic E-state index is 0.340. The maximum absolute atomic E-state index is 10.7. The topological polar surface area (TPSA) is 37.4 Å². The van der Waals surface area contributed by atoms with Crippen molar-refractivity contribution < 1.29 is 9.59 Å². The lowest BCUT2D eigenvalue weighted by Gasteiger charge is -2.30. The second-order valence-electron chi connectivity index (χ2n) is 5.39. The highest BCUT2D eigenvalue weighted by Crippen LogP contribution is 2.17. The number of rotatable bonds is 6. The van der Waals surface area contributed by atoms with E-state index in [9.17, 15) is 9.59 Å². The molecule has 0 aromatic carbocycles. The lowest BCUT2D eigenvalue weighted by atomic mass is 9.92. The minimum atomic E-state index is -0.340. The van der Waals surface area contributed by atoms with E-state index in [-0.39, 0.29) is 10.8 Å². The molecule has 0 saturated carbocycles. The molecule has 0 aliphatic carbocycles. The molecule has 0 aliphatic rings.